The molecule has 3 aromatic rings. The van der Waals surface area contributed by atoms with E-state index in [0.717, 1.165) is 12.1 Å². The lowest BCUT2D eigenvalue weighted by molar-refractivity contribution is -0.140. The van der Waals surface area contributed by atoms with Crippen molar-refractivity contribution in [2.45, 2.75) is 32.7 Å². The first kappa shape index (κ1) is 22.3. The van der Waals surface area contributed by atoms with Crippen LogP contribution < -0.4 is 10.2 Å². The number of nitrogens with zero attached hydrogens (tertiary/aromatic N) is 5. The minimum Gasteiger partial charge on any atom is -0.394 e. The van der Waals surface area contributed by atoms with Gasteiger partial charge in [0.05, 0.1) is 5.56 Å². The molecular formula is C18H22F4N6O. The molecule has 2 N–H and O–H groups in total. The smallest absolute Gasteiger partial charge is 0.394 e. The van der Waals surface area contributed by atoms with Gasteiger partial charge in [0.25, 0.3) is 5.78 Å². The largest absolute Gasteiger partial charge is 0.419 e. The van der Waals surface area contributed by atoms with E-state index in [1.54, 1.807) is 24.8 Å². The number of aromatic nitrogens is 4. The molecule has 0 bridgehead atoms. The quantitative estimate of drug-likeness (QED) is 0.638. The Balaban J connectivity index is 0.000000687. The number of hydrogen-bond donors (Lipinski definition) is 2. The zero-order chi connectivity index (χ0) is 21.8. The van der Waals surface area contributed by atoms with Gasteiger partial charge in [-0.1, -0.05) is 6.07 Å². The molecule has 29 heavy (non-hydrogen) atoms. The van der Waals surface area contributed by atoms with Gasteiger partial charge >= 0.3 is 6.18 Å². The lowest BCUT2D eigenvalue weighted by Gasteiger charge is -2.15. The number of nitrogens with one attached hydrogen (secondary N) is 1. The average molecular weight is 414 g/mol. The molecule has 1 aromatic carbocycles. The summed E-state index contributed by atoms with van der Waals surface area (Å²) in [5.41, 5.74) is -0.921. The van der Waals surface area contributed by atoms with E-state index in [4.69, 9.17) is 5.11 Å². The molecule has 0 aliphatic rings. The van der Waals surface area contributed by atoms with Crippen LogP contribution in [0.25, 0.3) is 5.78 Å². The van der Waals surface area contributed by atoms with E-state index in [-0.39, 0.29) is 12.6 Å². The normalized spacial score (nSPS) is 11.4. The molecule has 0 saturated carbocycles. The highest BCUT2D eigenvalue weighted by Gasteiger charge is 2.33. The van der Waals surface area contributed by atoms with Crippen molar-refractivity contribution >= 4 is 17.4 Å². The molecule has 7 nitrogen and oxygen atoms in total. The van der Waals surface area contributed by atoms with Crippen molar-refractivity contribution in [1.82, 2.24) is 19.6 Å². The van der Waals surface area contributed by atoms with Crippen LogP contribution in [0.3, 0.4) is 0 Å². The third-order valence-electron chi connectivity index (χ3n) is 3.51. The molecule has 158 valence electrons. The Morgan fingerprint density at radius 2 is 1.86 bits per heavy atom. The van der Waals surface area contributed by atoms with Crippen molar-refractivity contribution in [2.75, 3.05) is 24.3 Å². The van der Waals surface area contributed by atoms with Crippen LogP contribution in [0.15, 0.2) is 30.6 Å². The van der Waals surface area contributed by atoms with Gasteiger partial charge in [-0.3, -0.25) is 0 Å². The van der Waals surface area contributed by atoms with Gasteiger partial charge in [0.2, 0.25) is 0 Å². The summed E-state index contributed by atoms with van der Waals surface area (Å²) in [5, 5.41) is 15.1. The van der Waals surface area contributed by atoms with E-state index in [1.807, 2.05) is 14.1 Å². The molecule has 0 saturated heterocycles. The van der Waals surface area contributed by atoms with Crippen molar-refractivity contribution in [2.24, 2.45) is 0 Å². The maximum Gasteiger partial charge on any atom is 0.419 e. The molecule has 0 spiro atoms. The number of aliphatic hydroxyl groups is 1. The molecule has 2 heterocycles. The van der Waals surface area contributed by atoms with E-state index >= 15 is 0 Å². The Hall–Kier alpha value is -2.95. The van der Waals surface area contributed by atoms with Crippen LogP contribution >= 0.6 is 0 Å². The van der Waals surface area contributed by atoms with Crippen LogP contribution in [0, 0.1) is 5.82 Å². The maximum atomic E-state index is 13.7. The molecule has 2 aromatic heterocycles. The van der Waals surface area contributed by atoms with Gasteiger partial charge in [-0.2, -0.15) is 32.8 Å². The fraction of sp³-hybridized carbons (Fsp3) is 0.389. The fourth-order valence-corrected chi connectivity index (χ4v) is 2.25. The lowest BCUT2D eigenvalue weighted by Crippen LogP contribution is -2.14. The number of hydrogen-bond acceptors (Lipinski definition) is 6. The predicted molar refractivity (Wildman–Crippen MR) is 101 cm³/mol. The zero-order valence-corrected chi connectivity index (χ0v) is 16.4. The topological polar surface area (TPSA) is 78.6 Å². The molecule has 0 aliphatic heterocycles. The predicted octanol–water partition coefficient (Wildman–Crippen LogP) is 3.35. The number of anilines is 2. The number of halogens is 4. The minimum absolute atomic E-state index is 0.112. The molecule has 11 heteroatoms. The Morgan fingerprint density at radius 1 is 1.21 bits per heavy atom. The number of benzene rings is 1. The number of rotatable bonds is 4. The van der Waals surface area contributed by atoms with E-state index in [1.165, 1.54) is 16.9 Å². The summed E-state index contributed by atoms with van der Waals surface area (Å²) in [6.07, 6.45) is -3.54. The van der Waals surface area contributed by atoms with Crippen LogP contribution in [0.4, 0.5) is 29.2 Å². The van der Waals surface area contributed by atoms with E-state index < -0.39 is 17.6 Å². The van der Waals surface area contributed by atoms with Gasteiger partial charge in [0, 0.05) is 32.8 Å². The third kappa shape index (κ3) is 6.01. The van der Waals surface area contributed by atoms with Crippen molar-refractivity contribution < 1.29 is 22.7 Å². The van der Waals surface area contributed by atoms with Crippen molar-refractivity contribution in [3.63, 3.8) is 0 Å². The highest BCUT2D eigenvalue weighted by Crippen LogP contribution is 2.31. The Morgan fingerprint density at radius 3 is 2.41 bits per heavy atom. The monoisotopic (exact) mass is 414 g/mol. The second kappa shape index (κ2) is 9.03. The van der Waals surface area contributed by atoms with Gasteiger partial charge in [-0.25, -0.2) is 4.39 Å². The van der Waals surface area contributed by atoms with Crippen molar-refractivity contribution in [3.05, 3.63) is 47.5 Å². The minimum atomic E-state index is -4.71. The Labute approximate surface area is 165 Å². The zero-order valence-electron chi connectivity index (χ0n) is 16.4. The third-order valence-corrected chi connectivity index (χ3v) is 3.51. The second-order valence-electron chi connectivity index (χ2n) is 6.63. The van der Waals surface area contributed by atoms with Gasteiger partial charge in [0.1, 0.15) is 23.8 Å². The van der Waals surface area contributed by atoms with Crippen LogP contribution in [0.1, 0.15) is 25.0 Å². The van der Waals surface area contributed by atoms with Crippen LogP contribution in [-0.2, 0) is 12.7 Å². The molecule has 0 atom stereocenters. The van der Waals surface area contributed by atoms with Gasteiger partial charge in [0.15, 0.2) is 0 Å². The van der Waals surface area contributed by atoms with Crippen molar-refractivity contribution in [1.29, 1.82) is 0 Å². The van der Waals surface area contributed by atoms with E-state index in [2.05, 4.69) is 20.4 Å². The summed E-state index contributed by atoms with van der Waals surface area (Å²) < 4.78 is 52.9. The standard InChI is InChI=1S/C15H14F4N6.C3H8O/c1-24(2)13-6-12(25-14(23-13)21-8-22-25)20-7-9-3-4-10(11(16)5-9)15(17,18)19;1-3(2)4/h3-6,8,20H,7H2,1-2H3;3-4H,1-2H3. The fourth-order valence-electron chi connectivity index (χ4n) is 2.25. The Kier molecular flexibility index (Phi) is 6.96. The number of fused-ring (bicyclic) bond motifs is 1. The highest BCUT2D eigenvalue weighted by molar-refractivity contribution is 5.55. The SMILES string of the molecule is CC(C)O.CN(C)c1cc(NCc2ccc(C(F)(F)F)c(F)c2)n2ncnc2n1. The molecule has 0 unspecified atom stereocenters. The number of alkyl halides is 3. The molecule has 3 rings (SSSR count). The van der Waals surface area contributed by atoms with Crippen LogP contribution in [0.2, 0.25) is 0 Å². The van der Waals surface area contributed by atoms with Gasteiger partial charge in [-0.05, 0) is 31.5 Å². The lowest BCUT2D eigenvalue weighted by atomic mass is 10.1. The molecule has 0 fully saturated rings. The van der Waals surface area contributed by atoms with Crippen LogP contribution in [-0.4, -0.2) is 44.9 Å². The van der Waals surface area contributed by atoms with Crippen molar-refractivity contribution in [3.8, 4) is 0 Å². The summed E-state index contributed by atoms with van der Waals surface area (Å²) >= 11 is 0. The first-order valence-corrected chi connectivity index (χ1v) is 8.64. The summed E-state index contributed by atoms with van der Waals surface area (Å²) in [6.45, 7) is 3.56. The number of aliphatic hydroxyl groups excluding tert-OH is 1. The summed E-state index contributed by atoms with van der Waals surface area (Å²) in [6, 6.07) is 4.53. The second-order valence-corrected chi connectivity index (χ2v) is 6.63. The summed E-state index contributed by atoms with van der Waals surface area (Å²) in [4.78, 5) is 10.1. The molecular weight excluding hydrogens is 392 g/mol. The summed E-state index contributed by atoms with van der Waals surface area (Å²) in [5.74, 6) is 0.224. The van der Waals surface area contributed by atoms with Crippen LogP contribution in [0.5, 0.6) is 0 Å². The molecule has 0 radical (unpaired) electrons. The summed E-state index contributed by atoms with van der Waals surface area (Å²) in [7, 11) is 3.62. The first-order chi connectivity index (χ1) is 13.5. The molecule has 0 aliphatic carbocycles. The Bertz CT molecular complexity index is 952. The highest BCUT2D eigenvalue weighted by atomic mass is 19.4. The first-order valence-electron chi connectivity index (χ1n) is 8.64. The van der Waals surface area contributed by atoms with E-state index in [9.17, 15) is 17.6 Å². The average Bonchev–Trinajstić information content (AvgIpc) is 3.06. The van der Waals surface area contributed by atoms with Gasteiger partial charge in [-0.15, -0.1) is 0 Å². The van der Waals surface area contributed by atoms with E-state index in [0.29, 0.717) is 23.0 Å². The van der Waals surface area contributed by atoms with Gasteiger partial charge < -0.3 is 15.3 Å². The molecule has 0 amide bonds. The maximum absolute atomic E-state index is 13.7.